The first-order valence-corrected chi connectivity index (χ1v) is 8.12. The first-order valence-electron chi connectivity index (χ1n) is 8.12. The standard InChI is InChI=1S/C20H20F2N2O/c1-4-14-8-15(11-23)9-17(19(22)10-14)20(25)24-13(3)16-5-6-18(21)12(2)7-16/h5-9,13H,4,10H2,1-3H3,(H,24,25). The zero-order valence-electron chi connectivity index (χ0n) is 14.5. The lowest BCUT2D eigenvalue weighted by atomic mass is 10.0. The number of aryl methyl sites for hydroxylation is 1. The van der Waals surface area contributed by atoms with Crippen LogP contribution in [0, 0.1) is 24.1 Å². The van der Waals surface area contributed by atoms with Crippen molar-refractivity contribution in [2.45, 2.75) is 39.7 Å². The first kappa shape index (κ1) is 18.6. The molecule has 0 fully saturated rings. The molecule has 3 nitrogen and oxygen atoms in total. The van der Waals surface area contributed by atoms with Crippen LogP contribution in [0.15, 0.2) is 52.9 Å². The van der Waals surface area contributed by atoms with Crippen LogP contribution in [-0.2, 0) is 4.79 Å². The maximum absolute atomic E-state index is 14.4. The minimum absolute atomic E-state index is 0.0188. The van der Waals surface area contributed by atoms with Gasteiger partial charge in [-0.3, -0.25) is 4.79 Å². The molecule has 1 aromatic carbocycles. The minimum atomic E-state index is -0.592. The van der Waals surface area contributed by atoms with E-state index in [0.29, 0.717) is 12.0 Å². The number of rotatable bonds is 4. The molecule has 0 spiro atoms. The number of carbonyl (C=O) groups excluding carboxylic acids is 1. The molecule has 1 aliphatic carbocycles. The second-order valence-corrected chi connectivity index (χ2v) is 6.07. The van der Waals surface area contributed by atoms with Crippen molar-refractivity contribution in [2.24, 2.45) is 0 Å². The molecule has 0 aromatic heterocycles. The van der Waals surface area contributed by atoms with E-state index in [1.54, 1.807) is 32.1 Å². The minimum Gasteiger partial charge on any atom is -0.345 e. The van der Waals surface area contributed by atoms with Gasteiger partial charge in [-0.05, 0) is 49.6 Å². The van der Waals surface area contributed by atoms with Crippen molar-refractivity contribution in [3.05, 3.63) is 69.8 Å². The summed E-state index contributed by atoms with van der Waals surface area (Å²) in [7, 11) is 0. The SMILES string of the molecule is CCC1=CC(C#N)=CC(C(=O)NC(C)c2ccc(F)c(C)c2)=C(F)C1. The molecule has 0 saturated heterocycles. The number of nitrogens with zero attached hydrogens (tertiary/aromatic N) is 1. The van der Waals surface area contributed by atoms with E-state index >= 15 is 0 Å². The first-order chi connectivity index (χ1) is 11.8. The quantitative estimate of drug-likeness (QED) is 0.860. The van der Waals surface area contributed by atoms with Gasteiger partial charge in [0.15, 0.2) is 0 Å². The molecule has 2 rings (SSSR count). The Morgan fingerprint density at radius 3 is 2.68 bits per heavy atom. The average molecular weight is 342 g/mol. The number of benzene rings is 1. The third kappa shape index (κ3) is 4.42. The topological polar surface area (TPSA) is 52.9 Å². The summed E-state index contributed by atoms with van der Waals surface area (Å²) in [4.78, 5) is 12.5. The summed E-state index contributed by atoms with van der Waals surface area (Å²) in [5.41, 5.74) is 2.07. The second-order valence-electron chi connectivity index (χ2n) is 6.07. The van der Waals surface area contributed by atoms with Gasteiger partial charge in [0.25, 0.3) is 5.91 Å². The summed E-state index contributed by atoms with van der Waals surface area (Å²) in [5, 5.41) is 11.9. The van der Waals surface area contributed by atoms with Crippen molar-refractivity contribution in [3.8, 4) is 6.07 Å². The van der Waals surface area contributed by atoms with E-state index in [2.05, 4.69) is 5.32 Å². The van der Waals surface area contributed by atoms with Crippen LogP contribution < -0.4 is 5.32 Å². The lowest BCUT2D eigenvalue weighted by Gasteiger charge is -2.16. The molecule has 1 N–H and O–H groups in total. The van der Waals surface area contributed by atoms with Crippen LogP contribution in [0.25, 0.3) is 0 Å². The molecular weight excluding hydrogens is 322 g/mol. The molecule has 0 aliphatic heterocycles. The van der Waals surface area contributed by atoms with Gasteiger partial charge >= 0.3 is 0 Å². The molecule has 1 amide bonds. The smallest absolute Gasteiger partial charge is 0.254 e. The van der Waals surface area contributed by atoms with Crippen molar-refractivity contribution in [1.82, 2.24) is 5.32 Å². The molecule has 25 heavy (non-hydrogen) atoms. The van der Waals surface area contributed by atoms with E-state index in [1.165, 1.54) is 12.1 Å². The third-order valence-corrected chi connectivity index (χ3v) is 4.19. The summed E-state index contributed by atoms with van der Waals surface area (Å²) < 4.78 is 27.8. The molecule has 1 aliphatic rings. The Morgan fingerprint density at radius 2 is 2.08 bits per heavy atom. The molecule has 130 valence electrons. The number of hydrogen-bond donors (Lipinski definition) is 1. The zero-order valence-corrected chi connectivity index (χ0v) is 14.5. The predicted molar refractivity (Wildman–Crippen MR) is 92.5 cm³/mol. The lowest BCUT2D eigenvalue weighted by molar-refractivity contribution is -0.117. The Labute approximate surface area is 146 Å². The van der Waals surface area contributed by atoms with Crippen molar-refractivity contribution in [2.75, 3.05) is 0 Å². The molecule has 0 radical (unpaired) electrons. The number of nitrogens with one attached hydrogen (secondary N) is 1. The molecular formula is C20H20F2N2O. The van der Waals surface area contributed by atoms with E-state index < -0.39 is 17.8 Å². The van der Waals surface area contributed by atoms with Crippen LogP contribution in [0.3, 0.4) is 0 Å². The fourth-order valence-corrected chi connectivity index (χ4v) is 2.62. The Bertz CT molecular complexity index is 829. The van der Waals surface area contributed by atoms with Crippen LogP contribution in [0.4, 0.5) is 8.78 Å². The summed E-state index contributed by atoms with van der Waals surface area (Å²) in [6.45, 7) is 5.25. The van der Waals surface area contributed by atoms with Gasteiger partial charge in [-0.15, -0.1) is 0 Å². The molecule has 0 saturated carbocycles. The van der Waals surface area contributed by atoms with Crippen LogP contribution >= 0.6 is 0 Å². The maximum Gasteiger partial charge on any atom is 0.254 e. The van der Waals surface area contributed by atoms with Crippen molar-refractivity contribution >= 4 is 5.91 Å². The van der Waals surface area contributed by atoms with Crippen molar-refractivity contribution in [3.63, 3.8) is 0 Å². The number of hydrogen-bond acceptors (Lipinski definition) is 2. The Balaban J connectivity index is 2.24. The fraction of sp³-hybridized carbons (Fsp3) is 0.300. The number of nitriles is 1. The highest BCUT2D eigenvalue weighted by Gasteiger charge is 2.20. The monoisotopic (exact) mass is 342 g/mol. The van der Waals surface area contributed by atoms with Crippen LogP contribution in [0.2, 0.25) is 0 Å². The van der Waals surface area contributed by atoms with Gasteiger partial charge in [-0.1, -0.05) is 24.6 Å². The molecule has 1 atom stereocenters. The van der Waals surface area contributed by atoms with Gasteiger partial charge in [-0.25, -0.2) is 8.78 Å². The van der Waals surface area contributed by atoms with E-state index in [0.717, 1.165) is 11.1 Å². The fourth-order valence-electron chi connectivity index (χ4n) is 2.62. The number of amides is 1. The second kappa shape index (κ2) is 7.89. The largest absolute Gasteiger partial charge is 0.345 e. The summed E-state index contributed by atoms with van der Waals surface area (Å²) in [5.74, 6) is -1.47. The summed E-state index contributed by atoms with van der Waals surface area (Å²) >= 11 is 0. The van der Waals surface area contributed by atoms with E-state index in [4.69, 9.17) is 5.26 Å². The van der Waals surface area contributed by atoms with Gasteiger partial charge < -0.3 is 5.32 Å². The number of halogens is 2. The normalized spacial score (nSPS) is 15.7. The van der Waals surface area contributed by atoms with Gasteiger partial charge in [0, 0.05) is 6.42 Å². The third-order valence-electron chi connectivity index (χ3n) is 4.19. The number of carbonyl (C=O) groups is 1. The highest BCUT2D eigenvalue weighted by Crippen LogP contribution is 2.26. The van der Waals surface area contributed by atoms with Gasteiger partial charge in [0.05, 0.1) is 23.3 Å². The average Bonchev–Trinajstić information content (AvgIpc) is 2.75. The zero-order chi connectivity index (χ0) is 18.6. The molecule has 1 aromatic rings. The molecule has 0 heterocycles. The van der Waals surface area contributed by atoms with Crippen molar-refractivity contribution < 1.29 is 13.6 Å². The van der Waals surface area contributed by atoms with Crippen LogP contribution in [-0.4, -0.2) is 5.91 Å². The van der Waals surface area contributed by atoms with E-state index in [1.807, 2.05) is 13.0 Å². The van der Waals surface area contributed by atoms with E-state index in [-0.39, 0.29) is 23.4 Å². The Kier molecular flexibility index (Phi) is 5.87. The van der Waals surface area contributed by atoms with Gasteiger partial charge in [0.1, 0.15) is 11.6 Å². The van der Waals surface area contributed by atoms with Crippen LogP contribution in [0.5, 0.6) is 0 Å². The summed E-state index contributed by atoms with van der Waals surface area (Å²) in [6.07, 6.45) is 3.51. The van der Waals surface area contributed by atoms with Gasteiger partial charge in [-0.2, -0.15) is 5.26 Å². The lowest BCUT2D eigenvalue weighted by Crippen LogP contribution is -2.28. The number of allylic oxidation sites excluding steroid dienone is 4. The van der Waals surface area contributed by atoms with Crippen molar-refractivity contribution in [1.29, 1.82) is 5.26 Å². The van der Waals surface area contributed by atoms with Gasteiger partial charge in [0.2, 0.25) is 0 Å². The molecule has 0 bridgehead atoms. The maximum atomic E-state index is 14.4. The highest BCUT2D eigenvalue weighted by molar-refractivity contribution is 5.97. The molecule has 5 heteroatoms. The van der Waals surface area contributed by atoms with Crippen LogP contribution in [0.1, 0.15) is 43.9 Å². The summed E-state index contributed by atoms with van der Waals surface area (Å²) in [6, 6.07) is 6.11. The highest BCUT2D eigenvalue weighted by atomic mass is 19.1. The Morgan fingerprint density at radius 1 is 1.36 bits per heavy atom. The van der Waals surface area contributed by atoms with E-state index in [9.17, 15) is 13.6 Å². The Hall–Kier alpha value is -2.74. The molecule has 1 unspecified atom stereocenters. The predicted octanol–water partition coefficient (Wildman–Crippen LogP) is 4.73.